The number of furan rings is 1. The highest BCUT2D eigenvalue weighted by molar-refractivity contribution is 5.98. The Labute approximate surface area is 149 Å². The highest BCUT2D eigenvalue weighted by Gasteiger charge is 2.10. The molecule has 0 aliphatic rings. The number of methoxy groups -OCH3 is 1. The molecule has 130 valence electrons. The number of nitrogens with one attached hydrogen (secondary N) is 2. The molecule has 4 aromatic rings. The fourth-order valence-electron chi connectivity index (χ4n) is 2.74. The Bertz CT molecular complexity index is 1030. The summed E-state index contributed by atoms with van der Waals surface area (Å²) in [6.45, 7) is 0.399. The second kappa shape index (κ2) is 6.76. The zero-order valence-electron chi connectivity index (χ0n) is 14.2. The van der Waals surface area contributed by atoms with Gasteiger partial charge in [-0.2, -0.15) is 0 Å². The number of H-pyrrole nitrogens is 1. The van der Waals surface area contributed by atoms with E-state index in [1.165, 1.54) is 0 Å². The third-order valence-corrected chi connectivity index (χ3v) is 4.17. The molecule has 6 heteroatoms. The highest BCUT2D eigenvalue weighted by atomic mass is 16.5. The van der Waals surface area contributed by atoms with Gasteiger partial charge in [0.05, 0.1) is 25.3 Å². The van der Waals surface area contributed by atoms with E-state index in [2.05, 4.69) is 15.3 Å². The molecule has 3 aromatic heterocycles. The zero-order chi connectivity index (χ0) is 17.9. The molecule has 0 bridgehead atoms. The summed E-state index contributed by atoms with van der Waals surface area (Å²) in [5.41, 5.74) is 4.05. The molecule has 4 rings (SSSR count). The first-order chi connectivity index (χ1) is 12.7. The van der Waals surface area contributed by atoms with Crippen LogP contribution in [-0.4, -0.2) is 23.0 Å². The Kier molecular flexibility index (Phi) is 4.15. The second-order valence-electron chi connectivity index (χ2n) is 5.88. The predicted molar refractivity (Wildman–Crippen MR) is 98.0 cm³/mol. The molecule has 0 saturated carbocycles. The van der Waals surface area contributed by atoms with Crippen LogP contribution in [0.3, 0.4) is 0 Å². The van der Waals surface area contributed by atoms with Crippen LogP contribution in [0, 0.1) is 0 Å². The summed E-state index contributed by atoms with van der Waals surface area (Å²) in [7, 11) is 1.61. The van der Waals surface area contributed by atoms with Gasteiger partial charge in [-0.15, -0.1) is 0 Å². The molecule has 1 amide bonds. The van der Waals surface area contributed by atoms with Crippen LogP contribution in [0.15, 0.2) is 65.6 Å². The molecule has 1 aromatic carbocycles. The number of nitrogens with zero attached hydrogens (tertiary/aromatic N) is 1. The monoisotopic (exact) mass is 347 g/mol. The lowest BCUT2D eigenvalue weighted by atomic mass is 10.2. The molecule has 0 unspecified atom stereocenters. The minimum Gasteiger partial charge on any atom is -0.497 e. The summed E-state index contributed by atoms with van der Waals surface area (Å²) in [6, 6.07) is 13.2. The molecule has 3 heterocycles. The Morgan fingerprint density at radius 2 is 2.15 bits per heavy atom. The number of rotatable bonds is 5. The van der Waals surface area contributed by atoms with E-state index in [-0.39, 0.29) is 5.91 Å². The summed E-state index contributed by atoms with van der Waals surface area (Å²) in [5, 5.41) is 3.86. The molecule has 0 aliphatic heterocycles. The summed E-state index contributed by atoms with van der Waals surface area (Å²) in [4.78, 5) is 19.9. The van der Waals surface area contributed by atoms with Gasteiger partial charge < -0.3 is 19.5 Å². The fraction of sp³-hybridized carbons (Fsp3) is 0.100. The number of carbonyl (C=O) groups excluding carboxylic acids is 1. The number of hydrogen-bond acceptors (Lipinski definition) is 4. The van der Waals surface area contributed by atoms with Crippen LogP contribution < -0.4 is 10.1 Å². The Morgan fingerprint density at radius 3 is 2.88 bits per heavy atom. The van der Waals surface area contributed by atoms with E-state index < -0.39 is 0 Å². The molecule has 0 spiro atoms. The molecular weight excluding hydrogens is 330 g/mol. The van der Waals surface area contributed by atoms with Crippen molar-refractivity contribution in [1.29, 1.82) is 0 Å². The van der Waals surface area contributed by atoms with Crippen molar-refractivity contribution in [3.05, 3.63) is 72.4 Å². The van der Waals surface area contributed by atoms with Crippen molar-refractivity contribution < 1.29 is 13.9 Å². The Morgan fingerprint density at radius 1 is 1.23 bits per heavy atom. The zero-order valence-corrected chi connectivity index (χ0v) is 14.2. The topological polar surface area (TPSA) is 80.2 Å². The maximum Gasteiger partial charge on any atom is 0.267 e. The number of aromatic nitrogens is 2. The summed E-state index contributed by atoms with van der Waals surface area (Å²) >= 11 is 0. The van der Waals surface area contributed by atoms with Crippen LogP contribution in [0.2, 0.25) is 0 Å². The number of carbonyl (C=O) groups is 1. The number of benzene rings is 1. The van der Waals surface area contributed by atoms with Crippen LogP contribution in [0.25, 0.3) is 22.2 Å². The summed E-state index contributed by atoms with van der Waals surface area (Å²) in [6.07, 6.45) is 5.01. The molecule has 0 aliphatic carbocycles. The van der Waals surface area contributed by atoms with Gasteiger partial charge in [0.2, 0.25) is 0 Å². The van der Waals surface area contributed by atoms with E-state index in [0.717, 1.165) is 33.5 Å². The van der Waals surface area contributed by atoms with Crippen LogP contribution >= 0.6 is 0 Å². The van der Waals surface area contributed by atoms with Gasteiger partial charge in [0.15, 0.2) is 0 Å². The Hall–Kier alpha value is -3.54. The third kappa shape index (κ3) is 3.17. The van der Waals surface area contributed by atoms with E-state index in [4.69, 9.17) is 9.15 Å². The number of pyridine rings is 1. The smallest absolute Gasteiger partial charge is 0.267 e. The highest BCUT2D eigenvalue weighted by Crippen LogP contribution is 2.21. The minimum absolute atomic E-state index is 0.168. The first-order valence-electron chi connectivity index (χ1n) is 8.15. The minimum atomic E-state index is -0.168. The predicted octanol–water partition coefficient (Wildman–Crippen LogP) is 3.76. The average molecular weight is 347 g/mol. The van der Waals surface area contributed by atoms with Crippen LogP contribution in [0.1, 0.15) is 16.1 Å². The van der Waals surface area contributed by atoms with Crippen LogP contribution in [0.4, 0.5) is 0 Å². The third-order valence-electron chi connectivity index (χ3n) is 4.17. The van der Waals surface area contributed by atoms with Gasteiger partial charge in [-0.3, -0.25) is 9.78 Å². The van der Waals surface area contributed by atoms with Crippen LogP contribution in [0.5, 0.6) is 5.75 Å². The SMILES string of the molecule is COc1ccc2cc(C(=O)NCc3ccc(-c4ccoc4)nc3)[nH]c2c1. The number of amides is 1. The van der Waals surface area contributed by atoms with E-state index in [1.54, 1.807) is 25.8 Å². The van der Waals surface area contributed by atoms with Gasteiger partial charge >= 0.3 is 0 Å². The maximum absolute atomic E-state index is 12.4. The molecule has 6 nitrogen and oxygen atoms in total. The van der Waals surface area contributed by atoms with E-state index in [1.807, 2.05) is 42.5 Å². The van der Waals surface area contributed by atoms with Gasteiger partial charge in [0.25, 0.3) is 5.91 Å². The molecular formula is C20H17N3O3. The quantitative estimate of drug-likeness (QED) is 0.576. The van der Waals surface area contributed by atoms with Crippen LogP contribution in [-0.2, 0) is 6.54 Å². The lowest BCUT2D eigenvalue weighted by Crippen LogP contribution is -2.23. The summed E-state index contributed by atoms with van der Waals surface area (Å²) < 4.78 is 10.3. The summed E-state index contributed by atoms with van der Waals surface area (Å²) in [5.74, 6) is 0.578. The normalized spacial score (nSPS) is 10.8. The molecule has 0 fully saturated rings. The molecule has 0 atom stereocenters. The van der Waals surface area contributed by atoms with Crippen molar-refractivity contribution in [2.75, 3.05) is 7.11 Å². The van der Waals surface area contributed by atoms with Crippen molar-refractivity contribution >= 4 is 16.8 Å². The van der Waals surface area contributed by atoms with Gasteiger partial charge in [0.1, 0.15) is 11.4 Å². The number of hydrogen-bond donors (Lipinski definition) is 2. The van der Waals surface area contributed by atoms with Crippen molar-refractivity contribution in [2.24, 2.45) is 0 Å². The van der Waals surface area contributed by atoms with Crippen molar-refractivity contribution in [2.45, 2.75) is 6.54 Å². The van der Waals surface area contributed by atoms with Gasteiger partial charge in [0, 0.05) is 35.3 Å². The number of aromatic amines is 1. The van der Waals surface area contributed by atoms with E-state index in [9.17, 15) is 4.79 Å². The largest absolute Gasteiger partial charge is 0.497 e. The fourth-order valence-corrected chi connectivity index (χ4v) is 2.74. The molecule has 26 heavy (non-hydrogen) atoms. The Balaban J connectivity index is 1.43. The lowest BCUT2D eigenvalue weighted by Gasteiger charge is -2.04. The van der Waals surface area contributed by atoms with Gasteiger partial charge in [-0.25, -0.2) is 0 Å². The van der Waals surface area contributed by atoms with Crippen molar-refractivity contribution in [3.63, 3.8) is 0 Å². The van der Waals surface area contributed by atoms with E-state index in [0.29, 0.717) is 12.2 Å². The van der Waals surface area contributed by atoms with Gasteiger partial charge in [-0.05, 0) is 35.9 Å². The lowest BCUT2D eigenvalue weighted by molar-refractivity contribution is 0.0946. The molecule has 0 saturated heterocycles. The standard InChI is InChI=1S/C20H17N3O3/c1-25-16-4-3-14-8-19(23-18(14)9-16)20(24)22-11-13-2-5-17(21-10-13)15-6-7-26-12-15/h2-10,12,23H,11H2,1H3,(H,22,24). The second-order valence-corrected chi connectivity index (χ2v) is 5.88. The van der Waals surface area contributed by atoms with Crippen molar-refractivity contribution in [1.82, 2.24) is 15.3 Å². The first kappa shape index (κ1) is 16.0. The molecule has 2 N–H and O–H groups in total. The maximum atomic E-state index is 12.4. The molecule has 0 radical (unpaired) electrons. The van der Waals surface area contributed by atoms with Crippen molar-refractivity contribution in [3.8, 4) is 17.0 Å². The van der Waals surface area contributed by atoms with E-state index >= 15 is 0 Å². The number of fused-ring (bicyclic) bond motifs is 1. The van der Waals surface area contributed by atoms with Gasteiger partial charge in [-0.1, -0.05) is 6.07 Å². The average Bonchev–Trinajstić information content (AvgIpc) is 3.35. The first-order valence-corrected chi connectivity index (χ1v) is 8.15. The number of ether oxygens (including phenoxy) is 1.